The van der Waals surface area contributed by atoms with Crippen LogP contribution in [-0.2, 0) is 14.6 Å². The fourth-order valence-corrected chi connectivity index (χ4v) is 4.59. The zero-order chi connectivity index (χ0) is 13.7. The van der Waals surface area contributed by atoms with Gasteiger partial charge in [0.25, 0.3) is 0 Å². The van der Waals surface area contributed by atoms with Gasteiger partial charge >= 0.3 is 0 Å². The molecule has 108 valence electrons. The van der Waals surface area contributed by atoms with Crippen molar-refractivity contribution in [3.05, 3.63) is 0 Å². The summed E-state index contributed by atoms with van der Waals surface area (Å²) in [6.45, 7) is 2.82. The van der Waals surface area contributed by atoms with Crippen LogP contribution in [0.1, 0.15) is 25.7 Å². The molecule has 0 N–H and O–H groups in total. The zero-order valence-electron chi connectivity index (χ0n) is 11.5. The van der Waals surface area contributed by atoms with E-state index in [-0.39, 0.29) is 17.1 Å². The number of hydrogen-bond acceptors (Lipinski definition) is 4. The third kappa shape index (κ3) is 3.48. The SMILES string of the molecule is CS(=O)(=O)CC1(CN2CC(=O)N(CC3CC3)C2)CC1. The monoisotopic (exact) mass is 286 g/mol. The number of hydrogen-bond donors (Lipinski definition) is 0. The van der Waals surface area contributed by atoms with Gasteiger partial charge in [-0.1, -0.05) is 0 Å². The highest BCUT2D eigenvalue weighted by Gasteiger charge is 2.47. The van der Waals surface area contributed by atoms with Crippen LogP contribution in [0, 0.1) is 11.3 Å². The van der Waals surface area contributed by atoms with E-state index < -0.39 is 9.84 Å². The highest BCUT2D eigenvalue weighted by atomic mass is 32.2. The number of rotatable bonds is 6. The van der Waals surface area contributed by atoms with Crippen LogP contribution < -0.4 is 0 Å². The molecular formula is C13H22N2O3S. The van der Waals surface area contributed by atoms with Crippen molar-refractivity contribution < 1.29 is 13.2 Å². The maximum absolute atomic E-state index is 11.9. The third-order valence-corrected chi connectivity index (χ3v) is 5.48. The van der Waals surface area contributed by atoms with Gasteiger partial charge in [0.05, 0.1) is 19.0 Å². The highest BCUT2D eigenvalue weighted by molar-refractivity contribution is 7.90. The molecule has 3 rings (SSSR count). The van der Waals surface area contributed by atoms with Crippen molar-refractivity contribution in [1.82, 2.24) is 9.80 Å². The molecule has 3 fully saturated rings. The average molecular weight is 286 g/mol. The fourth-order valence-electron chi connectivity index (χ4n) is 3.09. The number of nitrogens with zero attached hydrogens (tertiary/aromatic N) is 2. The van der Waals surface area contributed by atoms with Gasteiger partial charge in [-0.15, -0.1) is 0 Å². The lowest BCUT2D eigenvalue weighted by Gasteiger charge is -2.22. The van der Waals surface area contributed by atoms with Crippen molar-refractivity contribution in [3.8, 4) is 0 Å². The molecule has 0 aromatic heterocycles. The van der Waals surface area contributed by atoms with E-state index in [4.69, 9.17) is 0 Å². The summed E-state index contributed by atoms with van der Waals surface area (Å²) in [5, 5.41) is 0. The first-order chi connectivity index (χ1) is 8.85. The van der Waals surface area contributed by atoms with Crippen LogP contribution in [0.25, 0.3) is 0 Å². The Morgan fingerprint density at radius 3 is 2.53 bits per heavy atom. The Balaban J connectivity index is 1.54. The van der Waals surface area contributed by atoms with Gasteiger partial charge in [0.15, 0.2) is 0 Å². The van der Waals surface area contributed by atoms with Crippen molar-refractivity contribution in [1.29, 1.82) is 0 Å². The first kappa shape index (κ1) is 13.4. The topological polar surface area (TPSA) is 57.7 Å². The summed E-state index contributed by atoms with van der Waals surface area (Å²) in [5.41, 5.74) is -0.0660. The second-order valence-corrected chi connectivity index (χ2v) is 8.90. The first-order valence-corrected chi connectivity index (χ1v) is 9.09. The minimum atomic E-state index is -2.92. The van der Waals surface area contributed by atoms with E-state index in [1.54, 1.807) is 0 Å². The predicted octanol–water partition coefficient (Wildman–Crippen LogP) is 0.323. The number of sulfone groups is 1. The van der Waals surface area contributed by atoms with Crippen LogP contribution in [0.4, 0.5) is 0 Å². The Bertz CT molecular complexity index is 480. The third-order valence-electron chi connectivity index (χ3n) is 4.34. The Hall–Kier alpha value is -0.620. The van der Waals surface area contributed by atoms with Gasteiger partial charge in [0.1, 0.15) is 9.84 Å². The fraction of sp³-hybridized carbons (Fsp3) is 0.923. The summed E-state index contributed by atoms with van der Waals surface area (Å²) in [6, 6.07) is 0. The molecule has 0 aromatic carbocycles. The summed E-state index contributed by atoms with van der Waals surface area (Å²) in [4.78, 5) is 16.0. The predicted molar refractivity (Wildman–Crippen MR) is 72.3 cm³/mol. The molecule has 3 aliphatic rings. The van der Waals surface area contributed by atoms with Crippen LogP contribution in [0.15, 0.2) is 0 Å². The molecule has 1 aliphatic heterocycles. The zero-order valence-corrected chi connectivity index (χ0v) is 12.3. The molecule has 1 amide bonds. The van der Waals surface area contributed by atoms with Crippen molar-refractivity contribution in [2.45, 2.75) is 25.7 Å². The molecule has 6 heteroatoms. The summed E-state index contributed by atoms with van der Waals surface area (Å²) >= 11 is 0. The molecule has 1 saturated heterocycles. The number of carbonyl (C=O) groups excluding carboxylic acids is 1. The summed E-state index contributed by atoms with van der Waals surface area (Å²) in [7, 11) is -2.92. The summed E-state index contributed by atoms with van der Waals surface area (Å²) in [6.07, 6.45) is 5.77. The molecule has 5 nitrogen and oxygen atoms in total. The number of amides is 1. The molecule has 0 spiro atoms. The van der Waals surface area contributed by atoms with Crippen LogP contribution in [0.2, 0.25) is 0 Å². The maximum atomic E-state index is 11.9. The van der Waals surface area contributed by atoms with Gasteiger partial charge in [0.2, 0.25) is 5.91 Å². The minimum Gasteiger partial charge on any atom is -0.328 e. The van der Waals surface area contributed by atoms with Crippen LogP contribution in [0.5, 0.6) is 0 Å². The molecular weight excluding hydrogens is 264 g/mol. The van der Waals surface area contributed by atoms with Gasteiger partial charge in [0, 0.05) is 19.3 Å². The molecule has 0 radical (unpaired) electrons. The minimum absolute atomic E-state index is 0.0660. The molecule has 0 atom stereocenters. The first-order valence-electron chi connectivity index (χ1n) is 7.03. The van der Waals surface area contributed by atoms with E-state index in [0.29, 0.717) is 13.2 Å². The molecule has 19 heavy (non-hydrogen) atoms. The lowest BCUT2D eigenvalue weighted by atomic mass is 10.1. The van der Waals surface area contributed by atoms with Crippen molar-refractivity contribution in [2.75, 3.05) is 38.3 Å². The smallest absolute Gasteiger partial charge is 0.237 e. The van der Waals surface area contributed by atoms with E-state index >= 15 is 0 Å². The Morgan fingerprint density at radius 1 is 1.32 bits per heavy atom. The largest absolute Gasteiger partial charge is 0.328 e. The van der Waals surface area contributed by atoms with Crippen LogP contribution in [-0.4, -0.2) is 62.4 Å². The van der Waals surface area contributed by atoms with Gasteiger partial charge in [-0.25, -0.2) is 8.42 Å². The second kappa shape index (κ2) is 4.45. The molecule has 2 aliphatic carbocycles. The van der Waals surface area contributed by atoms with Crippen molar-refractivity contribution in [2.24, 2.45) is 11.3 Å². The van der Waals surface area contributed by atoms with E-state index in [0.717, 1.165) is 31.8 Å². The van der Waals surface area contributed by atoms with Gasteiger partial charge in [-0.2, -0.15) is 0 Å². The molecule has 0 aromatic rings. The van der Waals surface area contributed by atoms with Crippen LogP contribution in [0.3, 0.4) is 0 Å². The normalized spacial score (nSPS) is 27.0. The molecule has 2 saturated carbocycles. The Morgan fingerprint density at radius 2 is 2.00 bits per heavy atom. The molecule has 1 heterocycles. The highest BCUT2D eigenvalue weighted by Crippen LogP contribution is 2.47. The van der Waals surface area contributed by atoms with E-state index in [1.807, 2.05) is 4.90 Å². The molecule has 0 unspecified atom stereocenters. The Kier molecular flexibility index (Phi) is 3.13. The standard InChI is InChI=1S/C13H22N2O3S/c1-19(17,18)9-13(4-5-13)8-14-7-12(16)15(10-14)6-11-2-3-11/h11H,2-10H2,1H3. The summed E-state index contributed by atoms with van der Waals surface area (Å²) in [5.74, 6) is 1.20. The van der Waals surface area contributed by atoms with E-state index in [9.17, 15) is 13.2 Å². The lowest BCUT2D eigenvalue weighted by molar-refractivity contribution is -0.126. The average Bonchev–Trinajstić information content (AvgIpc) is 3.13. The Labute approximate surface area is 114 Å². The maximum Gasteiger partial charge on any atom is 0.237 e. The van der Waals surface area contributed by atoms with Crippen molar-refractivity contribution in [3.63, 3.8) is 0 Å². The quantitative estimate of drug-likeness (QED) is 0.706. The van der Waals surface area contributed by atoms with Gasteiger partial charge < -0.3 is 4.90 Å². The van der Waals surface area contributed by atoms with Crippen LogP contribution >= 0.6 is 0 Å². The van der Waals surface area contributed by atoms with E-state index in [1.165, 1.54) is 19.1 Å². The van der Waals surface area contributed by atoms with E-state index in [2.05, 4.69) is 4.90 Å². The molecule has 0 bridgehead atoms. The van der Waals surface area contributed by atoms with Crippen molar-refractivity contribution >= 4 is 15.7 Å². The summed E-state index contributed by atoms with van der Waals surface area (Å²) < 4.78 is 22.9. The lowest BCUT2D eigenvalue weighted by Crippen LogP contribution is -2.34. The number of carbonyl (C=O) groups is 1. The van der Waals surface area contributed by atoms with Gasteiger partial charge in [-0.3, -0.25) is 9.69 Å². The van der Waals surface area contributed by atoms with Gasteiger partial charge in [-0.05, 0) is 37.0 Å². The second-order valence-electron chi connectivity index (χ2n) is 6.76.